The van der Waals surface area contributed by atoms with Gasteiger partial charge >= 0.3 is 0 Å². The van der Waals surface area contributed by atoms with Crippen LogP contribution in [0, 0.1) is 0 Å². The van der Waals surface area contributed by atoms with Crippen molar-refractivity contribution in [2.75, 3.05) is 11.5 Å². The average Bonchev–Trinajstić information content (AvgIpc) is 2.80. The van der Waals surface area contributed by atoms with Crippen LogP contribution in [0.25, 0.3) is 0 Å². The summed E-state index contributed by atoms with van der Waals surface area (Å²) in [5.74, 6) is 0.440. The first-order valence-corrected chi connectivity index (χ1v) is 7.93. The van der Waals surface area contributed by atoms with Crippen LogP contribution in [0.5, 0.6) is 0 Å². The molecule has 18 heavy (non-hydrogen) atoms. The Morgan fingerprint density at radius 2 is 2.22 bits per heavy atom. The number of rotatable bonds is 3. The summed E-state index contributed by atoms with van der Waals surface area (Å²) in [5, 5.41) is 11.4. The van der Waals surface area contributed by atoms with E-state index in [1.807, 2.05) is 6.20 Å². The van der Waals surface area contributed by atoms with Gasteiger partial charge in [0.25, 0.3) is 0 Å². The summed E-state index contributed by atoms with van der Waals surface area (Å²) in [6.45, 7) is 6.89. The van der Waals surface area contributed by atoms with E-state index in [0.717, 1.165) is 5.69 Å². The van der Waals surface area contributed by atoms with Crippen molar-refractivity contribution < 1.29 is 8.42 Å². The van der Waals surface area contributed by atoms with E-state index in [4.69, 9.17) is 0 Å². The van der Waals surface area contributed by atoms with Crippen molar-refractivity contribution >= 4 is 9.84 Å². The van der Waals surface area contributed by atoms with Gasteiger partial charge in [-0.1, -0.05) is 5.21 Å². The van der Waals surface area contributed by atoms with Crippen LogP contribution >= 0.6 is 0 Å². The van der Waals surface area contributed by atoms with Crippen LogP contribution in [0.1, 0.15) is 38.9 Å². The molecular weight excluding hydrogens is 252 g/mol. The Labute approximate surface area is 108 Å². The van der Waals surface area contributed by atoms with Crippen molar-refractivity contribution in [2.45, 2.75) is 45.3 Å². The predicted molar refractivity (Wildman–Crippen MR) is 68.9 cm³/mol. The van der Waals surface area contributed by atoms with E-state index in [2.05, 4.69) is 36.4 Å². The van der Waals surface area contributed by atoms with Gasteiger partial charge in [-0.2, -0.15) is 0 Å². The maximum atomic E-state index is 11.4. The van der Waals surface area contributed by atoms with Crippen molar-refractivity contribution in [1.29, 1.82) is 0 Å². The molecule has 2 rings (SSSR count). The molecule has 0 bridgehead atoms. The third kappa shape index (κ3) is 3.52. The minimum Gasteiger partial charge on any atom is -0.306 e. The molecule has 1 N–H and O–H groups in total. The number of nitrogens with one attached hydrogen (secondary N) is 1. The van der Waals surface area contributed by atoms with Crippen LogP contribution in [0.4, 0.5) is 0 Å². The smallest absolute Gasteiger partial charge is 0.152 e. The summed E-state index contributed by atoms with van der Waals surface area (Å²) in [5.41, 5.74) is 0.870. The molecule has 1 aliphatic rings. The Morgan fingerprint density at radius 3 is 2.78 bits per heavy atom. The van der Waals surface area contributed by atoms with Crippen molar-refractivity contribution in [3.8, 4) is 0 Å². The lowest BCUT2D eigenvalue weighted by Gasteiger charge is -2.19. The number of nitrogens with zero attached hydrogens (tertiary/aromatic N) is 3. The zero-order valence-electron chi connectivity index (χ0n) is 11.0. The second kappa shape index (κ2) is 4.62. The molecule has 0 aliphatic carbocycles. The monoisotopic (exact) mass is 272 g/mol. The quantitative estimate of drug-likeness (QED) is 0.868. The van der Waals surface area contributed by atoms with E-state index in [0.29, 0.717) is 13.0 Å². The van der Waals surface area contributed by atoms with Crippen LogP contribution in [-0.4, -0.2) is 40.5 Å². The molecule has 1 saturated heterocycles. The molecule has 1 unspecified atom stereocenters. The van der Waals surface area contributed by atoms with Gasteiger partial charge in [-0.05, 0) is 27.2 Å². The molecule has 102 valence electrons. The Hall–Kier alpha value is -0.950. The van der Waals surface area contributed by atoms with Gasteiger partial charge in [0.1, 0.15) is 0 Å². The van der Waals surface area contributed by atoms with Crippen LogP contribution in [-0.2, 0) is 16.4 Å². The highest BCUT2D eigenvalue weighted by Gasteiger charge is 2.29. The van der Waals surface area contributed by atoms with E-state index in [-0.39, 0.29) is 23.1 Å². The fourth-order valence-electron chi connectivity index (χ4n) is 1.91. The highest BCUT2D eigenvalue weighted by molar-refractivity contribution is 7.91. The maximum Gasteiger partial charge on any atom is 0.152 e. The van der Waals surface area contributed by atoms with Gasteiger partial charge in [0.2, 0.25) is 0 Å². The lowest BCUT2D eigenvalue weighted by atomic mass is 10.1. The number of aromatic nitrogens is 3. The first kappa shape index (κ1) is 13.5. The van der Waals surface area contributed by atoms with Crippen molar-refractivity contribution in [1.82, 2.24) is 20.3 Å². The number of hydrogen-bond donors (Lipinski definition) is 1. The number of sulfone groups is 1. The third-order valence-electron chi connectivity index (χ3n) is 2.94. The van der Waals surface area contributed by atoms with Crippen LogP contribution in [0.15, 0.2) is 6.20 Å². The van der Waals surface area contributed by atoms with E-state index in [1.54, 1.807) is 4.68 Å². The standard InChI is InChI=1S/C11H20N4O2S/c1-11(2,3)12-6-9-7-15(14-13-9)10-4-5-18(16,17)8-10/h7,10,12H,4-6,8H2,1-3H3. The van der Waals surface area contributed by atoms with Gasteiger partial charge in [0.15, 0.2) is 9.84 Å². The van der Waals surface area contributed by atoms with Gasteiger partial charge in [0.05, 0.1) is 29.4 Å². The van der Waals surface area contributed by atoms with Gasteiger partial charge in [-0.25, -0.2) is 13.1 Å². The highest BCUT2D eigenvalue weighted by Crippen LogP contribution is 2.22. The molecule has 0 saturated carbocycles. The predicted octanol–water partition coefficient (Wildman–Crippen LogP) is 0.526. The van der Waals surface area contributed by atoms with E-state index in [9.17, 15) is 8.42 Å². The van der Waals surface area contributed by atoms with Gasteiger partial charge in [0, 0.05) is 12.1 Å². The molecule has 2 heterocycles. The fourth-order valence-corrected chi connectivity index (χ4v) is 3.62. The first-order chi connectivity index (χ1) is 8.25. The van der Waals surface area contributed by atoms with E-state index in [1.165, 1.54) is 0 Å². The summed E-state index contributed by atoms with van der Waals surface area (Å²) in [7, 11) is -2.87. The van der Waals surface area contributed by atoms with Gasteiger partial charge < -0.3 is 5.32 Å². The summed E-state index contributed by atoms with van der Waals surface area (Å²) in [6, 6.07) is -0.0501. The Bertz CT molecular complexity index is 515. The molecule has 7 heteroatoms. The normalized spacial score (nSPS) is 23.4. The first-order valence-electron chi connectivity index (χ1n) is 6.11. The zero-order valence-corrected chi connectivity index (χ0v) is 11.9. The van der Waals surface area contributed by atoms with Crippen molar-refractivity contribution in [3.05, 3.63) is 11.9 Å². The second-order valence-corrected chi connectivity index (χ2v) is 8.08. The Kier molecular flexibility index (Phi) is 3.46. The molecule has 1 aromatic rings. The topological polar surface area (TPSA) is 76.9 Å². The largest absolute Gasteiger partial charge is 0.306 e. The lowest BCUT2D eigenvalue weighted by molar-refractivity contribution is 0.421. The second-order valence-electron chi connectivity index (χ2n) is 5.85. The van der Waals surface area contributed by atoms with Crippen molar-refractivity contribution in [2.24, 2.45) is 0 Å². The van der Waals surface area contributed by atoms with Gasteiger partial charge in [-0.3, -0.25) is 0 Å². The average molecular weight is 272 g/mol. The van der Waals surface area contributed by atoms with E-state index >= 15 is 0 Å². The summed E-state index contributed by atoms with van der Waals surface area (Å²) in [6.07, 6.45) is 2.47. The molecule has 1 fully saturated rings. The molecular formula is C11H20N4O2S. The minimum atomic E-state index is -2.87. The minimum absolute atomic E-state index is 0.0283. The fraction of sp³-hybridized carbons (Fsp3) is 0.818. The molecule has 0 spiro atoms. The molecule has 1 atom stereocenters. The number of hydrogen-bond acceptors (Lipinski definition) is 5. The molecule has 0 amide bonds. The Morgan fingerprint density at radius 1 is 1.50 bits per heavy atom. The Balaban J connectivity index is 1.99. The van der Waals surface area contributed by atoms with Crippen LogP contribution < -0.4 is 5.32 Å². The van der Waals surface area contributed by atoms with Gasteiger partial charge in [-0.15, -0.1) is 5.10 Å². The lowest BCUT2D eigenvalue weighted by Crippen LogP contribution is -2.35. The maximum absolute atomic E-state index is 11.4. The highest BCUT2D eigenvalue weighted by atomic mass is 32.2. The molecule has 0 aromatic carbocycles. The SMILES string of the molecule is CC(C)(C)NCc1cn(C2CCS(=O)(=O)C2)nn1. The van der Waals surface area contributed by atoms with Crippen LogP contribution in [0.3, 0.4) is 0 Å². The van der Waals surface area contributed by atoms with Crippen molar-refractivity contribution in [3.63, 3.8) is 0 Å². The molecule has 0 radical (unpaired) electrons. The zero-order chi connectivity index (χ0) is 13.4. The summed E-state index contributed by atoms with van der Waals surface area (Å²) < 4.78 is 24.5. The summed E-state index contributed by atoms with van der Waals surface area (Å²) in [4.78, 5) is 0. The third-order valence-corrected chi connectivity index (χ3v) is 4.69. The van der Waals surface area contributed by atoms with Crippen LogP contribution in [0.2, 0.25) is 0 Å². The van der Waals surface area contributed by atoms with E-state index < -0.39 is 9.84 Å². The summed E-state index contributed by atoms with van der Waals surface area (Å²) >= 11 is 0. The molecule has 1 aromatic heterocycles. The molecule has 1 aliphatic heterocycles. The molecule has 6 nitrogen and oxygen atoms in total.